The molecule has 1 aromatic rings. The first-order chi connectivity index (χ1) is 8.66. The van der Waals surface area contributed by atoms with Crippen LogP contribution in [0.1, 0.15) is 29.6 Å². The van der Waals surface area contributed by atoms with Gasteiger partial charge in [0.15, 0.2) is 0 Å². The van der Waals surface area contributed by atoms with E-state index in [-0.39, 0.29) is 5.91 Å². The molecule has 1 fully saturated rings. The van der Waals surface area contributed by atoms with Crippen molar-refractivity contribution in [3.8, 4) is 0 Å². The summed E-state index contributed by atoms with van der Waals surface area (Å²) in [4.78, 5) is 11.7. The highest BCUT2D eigenvalue weighted by molar-refractivity contribution is 7.20. The molecule has 6 heteroatoms. The fourth-order valence-corrected chi connectivity index (χ4v) is 2.96. The Morgan fingerprint density at radius 1 is 1.50 bits per heavy atom. The fourth-order valence-electron chi connectivity index (χ4n) is 1.50. The van der Waals surface area contributed by atoms with E-state index in [0.29, 0.717) is 27.4 Å². The van der Waals surface area contributed by atoms with Crippen molar-refractivity contribution in [3.05, 3.63) is 20.3 Å². The van der Waals surface area contributed by atoms with E-state index in [9.17, 15) is 4.79 Å². The number of hydrogen-bond acceptors (Lipinski definition) is 3. The molecule has 3 nitrogen and oxygen atoms in total. The number of nitrogens with one attached hydrogen (secondary N) is 1. The van der Waals surface area contributed by atoms with Gasteiger partial charge in [0, 0.05) is 19.8 Å². The van der Waals surface area contributed by atoms with Crippen LogP contribution in [-0.2, 0) is 4.74 Å². The van der Waals surface area contributed by atoms with Crippen molar-refractivity contribution < 1.29 is 9.53 Å². The van der Waals surface area contributed by atoms with Crippen LogP contribution in [0.2, 0.25) is 8.67 Å². The zero-order valence-corrected chi connectivity index (χ0v) is 12.2. The molecule has 1 amide bonds. The van der Waals surface area contributed by atoms with Gasteiger partial charge in [0.25, 0.3) is 5.91 Å². The van der Waals surface area contributed by atoms with Gasteiger partial charge in [-0.05, 0) is 31.2 Å². The summed E-state index contributed by atoms with van der Waals surface area (Å²) in [6.45, 7) is 2.14. The molecule has 1 saturated carbocycles. The van der Waals surface area contributed by atoms with Gasteiger partial charge in [0.1, 0.15) is 4.34 Å². The molecule has 1 aliphatic rings. The second-order valence-electron chi connectivity index (χ2n) is 4.37. The van der Waals surface area contributed by atoms with E-state index < -0.39 is 0 Å². The molecule has 0 saturated heterocycles. The summed E-state index contributed by atoms with van der Waals surface area (Å²) < 4.78 is 6.44. The molecule has 0 bridgehead atoms. The molecule has 2 rings (SSSR count). The molecule has 100 valence electrons. The third-order valence-corrected chi connectivity index (χ3v) is 4.19. The lowest BCUT2D eigenvalue weighted by Crippen LogP contribution is -2.25. The summed E-state index contributed by atoms with van der Waals surface area (Å²) in [5.74, 6) is 0.608. The first-order valence-electron chi connectivity index (χ1n) is 5.97. The fraction of sp³-hybridized carbons (Fsp3) is 0.583. The van der Waals surface area contributed by atoms with Crippen molar-refractivity contribution in [2.45, 2.75) is 19.3 Å². The zero-order chi connectivity index (χ0) is 13.0. The third kappa shape index (κ3) is 4.43. The molecule has 0 aromatic carbocycles. The second kappa shape index (κ2) is 6.75. The number of ether oxygens (including phenoxy) is 1. The molecule has 0 aliphatic heterocycles. The number of carbonyl (C=O) groups is 1. The Morgan fingerprint density at radius 3 is 2.89 bits per heavy atom. The van der Waals surface area contributed by atoms with Crippen LogP contribution in [0.4, 0.5) is 0 Å². The van der Waals surface area contributed by atoms with Crippen LogP contribution < -0.4 is 5.32 Å². The minimum Gasteiger partial charge on any atom is -0.381 e. The Kier molecular flexibility index (Phi) is 5.30. The van der Waals surface area contributed by atoms with E-state index in [2.05, 4.69) is 5.32 Å². The summed E-state index contributed by atoms with van der Waals surface area (Å²) in [6.07, 6.45) is 3.41. The van der Waals surface area contributed by atoms with Gasteiger partial charge in [-0.3, -0.25) is 4.79 Å². The third-order valence-electron chi connectivity index (χ3n) is 2.70. The van der Waals surface area contributed by atoms with Crippen molar-refractivity contribution in [1.82, 2.24) is 5.32 Å². The van der Waals surface area contributed by atoms with Crippen LogP contribution >= 0.6 is 34.5 Å². The van der Waals surface area contributed by atoms with Crippen molar-refractivity contribution in [1.29, 1.82) is 0 Å². The second-order valence-corrected chi connectivity index (χ2v) is 6.65. The van der Waals surface area contributed by atoms with Gasteiger partial charge in [-0.15, -0.1) is 11.3 Å². The Balaban J connectivity index is 1.60. The van der Waals surface area contributed by atoms with E-state index in [4.69, 9.17) is 27.9 Å². The Morgan fingerprint density at radius 2 is 2.28 bits per heavy atom. The average molecular weight is 308 g/mol. The maximum Gasteiger partial charge on any atom is 0.253 e. The van der Waals surface area contributed by atoms with E-state index in [1.165, 1.54) is 24.2 Å². The number of halogens is 2. The maximum atomic E-state index is 11.7. The normalized spacial score (nSPS) is 14.8. The molecule has 1 aromatic heterocycles. The largest absolute Gasteiger partial charge is 0.381 e. The Labute approximate surface area is 120 Å². The van der Waals surface area contributed by atoms with Gasteiger partial charge in [-0.2, -0.15) is 0 Å². The zero-order valence-electron chi connectivity index (χ0n) is 9.88. The molecule has 0 atom stereocenters. The van der Waals surface area contributed by atoms with Gasteiger partial charge >= 0.3 is 0 Å². The van der Waals surface area contributed by atoms with Gasteiger partial charge in [-0.25, -0.2) is 0 Å². The quantitative estimate of drug-likeness (QED) is 0.782. The van der Waals surface area contributed by atoms with Crippen molar-refractivity contribution >= 4 is 40.4 Å². The SMILES string of the molecule is O=C(NCCCOCC1CC1)c1cc(Cl)sc1Cl. The molecule has 18 heavy (non-hydrogen) atoms. The predicted octanol–water partition coefficient (Wildman–Crippen LogP) is 3.60. The van der Waals surface area contributed by atoms with Gasteiger partial charge in [0.05, 0.1) is 9.90 Å². The lowest BCUT2D eigenvalue weighted by Gasteiger charge is -2.05. The van der Waals surface area contributed by atoms with Crippen LogP contribution in [0, 0.1) is 5.92 Å². The summed E-state index contributed by atoms with van der Waals surface area (Å²) in [6, 6.07) is 1.59. The monoisotopic (exact) mass is 307 g/mol. The summed E-state index contributed by atoms with van der Waals surface area (Å²) in [5.41, 5.74) is 0.450. The van der Waals surface area contributed by atoms with Crippen molar-refractivity contribution in [2.24, 2.45) is 5.92 Å². The number of thiophene rings is 1. The number of carbonyl (C=O) groups excluding carboxylic acids is 1. The van der Waals surface area contributed by atoms with E-state index in [1.54, 1.807) is 6.07 Å². The van der Waals surface area contributed by atoms with Crippen LogP contribution in [0.3, 0.4) is 0 Å². The summed E-state index contributed by atoms with van der Waals surface area (Å²) in [5, 5.41) is 2.80. The molecule has 0 unspecified atom stereocenters. The minimum absolute atomic E-state index is 0.176. The van der Waals surface area contributed by atoms with Gasteiger partial charge in [0.2, 0.25) is 0 Å². The Hall–Kier alpha value is -0.290. The summed E-state index contributed by atoms with van der Waals surface area (Å²) >= 11 is 12.9. The van der Waals surface area contributed by atoms with E-state index in [0.717, 1.165) is 18.9 Å². The maximum absolute atomic E-state index is 11.7. The van der Waals surface area contributed by atoms with Crippen molar-refractivity contribution in [2.75, 3.05) is 19.8 Å². The first kappa shape index (κ1) is 14.1. The topological polar surface area (TPSA) is 38.3 Å². The highest BCUT2D eigenvalue weighted by atomic mass is 35.5. The van der Waals surface area contributed by atoms with Crippen LogP contribution in [0.15, 0.2) is 6.07 Å². The molecule has 0 spiro atoms. The smallest absolute Gasteiger partial charge is 0.253 e. The molecule has 1 aliphatic carbocycles. The van der Waals surface area contributed by atoms with Gasteiger partial charge in [-0.1, -0.05) is 23.2 Å². The molecule has 0 radical (unpaired) electrons. The highest BCUT2D eigenvalue weighted by Gasteiger charge is 2.20. The molecule has 1 heterocycles. The standard InChI is InChI=1S/C12H15Cl2NO2S/c13-10-6-9(11(14)18-10)12(16)15-4-1-5-17-7-8-2-3-8/h6,8H,1-5,7H2,(H,15,16). The molecule has 1 N–H and O–H groups in total. The first-order valence-corrected chi connectivity index (χ1v) is 7.55. The number of rotatable bonds is 7. The number of hydrogen-bond donors (Lipinski definition) is 1. The van der Waals surface area contributed by atoms with E-state index in [1.807, 2.05) is 0 Å². The van der Waals surface area contributed by atoms with Crippen LogP contribution in [0.25, 0.3) is 0 Å². The average Bonchev–Trinajstić information content (AvgIpc) is 3.08. The number of amides is 1. The van der Waals surface area contributed by atoms with Gasteiger partial charge < -0.3 is 10.1 Å². The minimum atomic E-state index is -0.176. The molecular formula is C12H15Cl2NO2S. The van der Waals surface area contributed by atoms with Crippen molar-refractivity contribution in [3.63, 3.8) is 0 Å². The Bertz CT molecular complexity index is 418. The molecular weight excluding hydrogens is 293 g/mol. The predicted molar refractivity (Wildman–Crippen MR) is 74.8 cm³/mol. The highest BCUT2D eigenvalue weighted by Crippen LogP contribution is 2.31. The summed E-state index contributed by atoms with van der Waals surface area (Å²) in [7, 11) is 0. The van der Waals surface area contributed by atoms with Crippen LogP contribution in [-0.4, -0.2) is 25.7 Å². The lowest BCUT2D eigenvalue weighted by atomic mass is 10.3. The van der Waals surface area contributed by atoms with E-state index >= 15 is 0 Å². The lowest BCUT2D eigenvalue weighted by molar-refractivity contribution is 0.0938. The van der Waals surface area contributed by atoms with Crippen LogP contribution in [0.5, 0.6) is 0 Å².